The highest BCUT2D eigenvalue weighted by Crippen LogP contribution is 2.30. The van der Waals surface area contributed by atoms with Crippen LogP contribution in [0.2, 0.25) is 0 Å². The minimum atomic E-state index is -0.525. The molecule has 0 radical (unpaired) electrons. The third-order valence-corrected chi connectivity index (χ3v) is 3.19. The lowest BCUT2D eigenvalue weighted by Crippen LogP contribution is -2.16. The van der Waals surface area contributed by atoms with Crippen LogP contribution in [0.5, 0.6) is 0 Å². The fourth-order valence-electron chi connectivity index (χ4n) is 2.17. The highest BCUT2D eigenvalue weighted by Gasteiger charge is 2.22. The summed E-state index contributed by atoms with van der Waals surface area (Å²) in [6.07, 6.45) is 7.30. The summed E-state index contributed by atoms with van der Waals surface area (Å²) in [5.74, 6) is 1.50. The molecule has 90 valence electrons. The molecule has 1 aliphatic carbocycles. The van der Waals surface area contributed by atoms with E-state index in [0.29, 0.717) is 17.6 Å². The van der Waals surface area contributed by atoms with Crippen molar-refractivity contribution < 1.29 is 9.63 Å². The molecule has 1 saturated carbocycles. The van der Waals surface area contributed by atoms with Crippen LogP contribution in [0.4, 0.5) is 0 Å². The number of nitrogens with zero attached hydrogens (tertiary/aromatic N) is 2. The molecule has 1 atom stereocenters. The van der Waals surface area contributed by atoms with Gasteiger partial charge in [-0.15, -0.1) is 0 Å². The van der Waals surface area contributed by atoms with Crippen molar-refractivity contribution in [2.24, 2.45) is 5.73 Å². The van der Waals surface area contributed by atoms with E-state index in [4.69, 9.17) is 15.4 Å². The van der Waals surface area contributed by atoms with Crippen molar-refractivity contribution in [3.8, 4) is 0 Å². The molecule has 0 saturated heterocycles. The van der Waals surface area contributed by atoms with E-state index in [1.54, 1.807) is 0 Å². The van der Waals surface area contributed by atoms with Crippen molar-refractivity contribution in [1.82, 2.24) is 10.1 Å². The second kappa shape index (κ2) is 5.41. The minimum absolute atomic E-state index is 0.149. The number of aromatic nitrogens is 2. The Hall–Kier alpha value is -0.940. The molecule has 0 aromatic carbocycles. The van der Waals surface area contributed by atoms with Gasteiger partial charge in [0, 0.05) is 5.92 Å². The SMILES string of the molecule is NC(CO)c1noc(C2CCCCCC2)n1. The van der Waals surface area contributed by atoms with E-state index in [9.17, 15) is 0 Å². The molecule has 1 fully saturated rings. The number of hydrogen-bond donors (Lipinski definition) is 2. The van der Waals surface area contributed by atoms with Crippen molar-refractivity contribution in [2.45, 2.75) is 50.5 Å². The van der Waals surface area contributed by atoms with Gasteiger partial charge in [-0.2, -0.15) is 4.98 Å². The Kier molecular flexibility index (Phi) is 3.90. The van der Waals surface area contributed by atoms with Gasteiger partial charge in [0.15, 0.2) is 5.82 Å². The first-order valence-corrected chi connectivity index (χ1v) is 6.01. The molecule has 1 aliphatic rings. The van der Waals surface area contributed by atoms with Crippen molar-refractivity contribution >= 4 is 0 Å². The lowest BCUT2D eigenvalue weighted by molar-refractivity contribution is 0.259. The van der Waals surface area contributed by atoms with Gasteiger partial charge in [0.1, 0.15) is 0 Å². The van der Waals surface area contributed by atoms with Gasteiger partial charge in [-0.25, -0.2) is 0 Å². The smallest absolute Gasteiger partial charge is 0.229 e. The average molecular weight is 225 g/mol. The Morgan fingerprint density at radius 2 is 2.00 bits per heavy atom. The molecular weight excluding hydrogens is 206 g/mol. The Morgan fingerprint density at radius 1 is 1.31 bits per heavy atom. The fraction of sp³-hybridized carbons (Fsp3) is 0.818. The van der Waals surface area contributed by atoms with Crippen LogP contribution in [-0.4, -0.2) is 21.9 Å². The third-order valence-electron chi connectivity index (χ3n) is 3.19. The Balaban J connectivity index is 2.05. The summed E-state index contributed by atoms with van der Waals surface area (Å²) >= 11 is 0. The zero-order valence-corrected chi connectivity index (χ0v) is 9.43. The molecule has 5 heteroatoms. The maximum absolute atomic E-state index is 8.91. The maximum atomic E-state index is 8.91. The van der Waals surface area contributed by atoms with Gasteiger partial charge in [-0.05, 0) is 12.8 Å². The van der Waals surface area contributed by atoms with Crippen LogP contribution < -0.4 is 5.73 Å². The highest BCUT2D eigenvalue weighted by molar-refractivity contribution is 4.98. The summed E-state index contributed by atoms with van der Waals surface area (Å²) in [4.78, 5) is 4.28. The van der Waals surface area contributed by atoms with Gasteiger partial charge in [-0.1, -0.05) is 30.8 Å². The predicted molar refractivity (Wildman–Crippen MR) is 58.8 cm³/mol. The van der Waals surface area contributed by atoms with E-state index < -0.39 is 6.04 Å². The molecule has 3 N–H and O–H groups in total. The first-order chi connectivity index (χ1) is 7.81. The molecular formula is C11H19N3O2. The first kappa shape index (κ1) is 11.5. The molecule has 1 aromatic rings. The second-order valence-electron chi connectivity index (χ2n) is 4.47. The quantitative estimate of drug-likeness (QED) is 0.761. The summed E-state index contributed by atoms with van der Waals surface area (Å²) in [7, 11) is 0. The van der Waals surface area contributed by atoms with E-state index in [1.807, 2.05) is 0 Å². The molecule has 0 bridgehead atoms. The van der Waals surface area contributed by atoms with Crippen LogP contribution >= 0.6 is 0 Å². The standard InChI is InChI=1S/C11H19N3O2/c12-9(7-15)10-13-11(16-14-10)8-5-3-1-2-4-6-8/h8-9,15H,1-7,12H2. The summed E-state index contributed by atoms with van der Waals surface area (Å²) in [5, 5.41) is 12.7. The Morgan fingerprint density at radius 3 is 2.62 bits per heavy atom. The van der Waals surface area contributed by atoms with Gasteiger partial charge in [0.05, 0.1) is 12.6 Å². The molecule has 5 nitrogen and oxygen atoms in total. The molecule has 0 aliphatic heterocycles. The third kappa shape index (κ3) is 2.59. The van der Waals surface area contributed by atoms with E-state index >= 15 is 0 Å². The summed E-state index contributed by atoms with van der Waals surface area (Å²) in [5.41, 5.74) is 5.63. The zero-order chi connectivity index (χ0) is 11.4. The molecule has 1 unspecified atom stereocenters. The minimum Gasteiger partial charge on any atom is -0.394 e. The van der Waals surface area contributed by atoms with Crippen molar-refractivity contribution in [3.05, 3.63) is 11.7 Å². The summed E-state index contributed by atoms with van der Waals surface area (Å²) in [6, 6.07) is -0.525. The first-order valence-electron chi connectivity index (χ1n) is 6.01. The van der Waals surface area contributed by atoms with Crippen molar-refractivity contribution in [3.63, 3.8) is 0 Å². The maximum Gasteiger partial charge on any atom is 0.229 e. The van der Waals surface area contributed by atoms with Crippen LogP contribution in [0, 0.1) is 0 Å². The van der Waals surface area contributed by atoms with Crippen LogP contribution in [0.25, 0.3) is 0 Å². The number of nitrogens with two attached hydrogens (primary N) is 1. The van der Waals surface area contributed by atoms with Crippen LogP contribution in [0.1, 0.15) is 62.2 Å². The fourth-order valence-corrected chi connectivity index (χ4v) is 2.17. The monoisotopic (exact) mass is 225 g/mol. The Labute approximate surface area is 95.0 Å². The topological polar surface area (TPSA) is 85.2 Å². The predicted octanol–water partition coefficient (Wildman–Crippen LogP) is 1.50. The molecule has 1 heterocycles. The van der Waals surface area contributed by atoms with E-state index in [1.165, 1.54) is 25.7 Å². The van der Waals surface area contributed by atoms with E-state index in [-0.39, 0.29) is 6.61 Å². The van der Waals surface area contributed by atoms with Crippen LogP contribution in [-0.2, 0) is 0 Å². The summed E-state index contributed by atoms with van der Waals surface area (Å²) < 4.78 is 5.23. The lowest BCUT2D eigenvalue weighted by atomic mass is 10.0. The number of aliphatic hydroxyl groups is 1. The largest absolute Gasteiger partial charge is 0.394 e. The average Bonchev–Trinajstić information content (AvgIpc) is 2.64. The Bertz CT molecular complexity index is 319. The number of aliphatic hydroxyl groups excluding tert-OH is 1. The van der Waals surface area contributed by atoms with Crippen molar-refractivity contribution in [2.75, 3.05) is 6.61 Å². The number of rotatable bonds is 3. The normalized spacial score (nSPS) is 20.6. The van der Waals surface area contributed by atoms with Gasteiger partial charge in [0.2, 0.25) is 5.89 Å². The molecule has 1 aromatic heterocycles. The van der Waals surface area contributed by atoms with Crippen LogP contribution in [0.3, 0.4) is 0 Å². The molecule has 16 heavy (non-hydrogen) atoms. The molecule has 0 spiro atoms. The molecule has 2 rings (SSSR count). The van der Waals surface area contributed by atoms with Crippen LogP contribution in [0.15, 0.2) is 4.52 Å². The van der Waals surface area contributed by atoms with Gasteiger partial charge in [0.25, 0.3) is 0 Å². The number of hydrogen-bond acceptors (Lipinski definition) is 5. The van der Waals surface area contributed by atoms with E-state index in [2.05, 4.69) is 10.1 Å². The second-order valence-corrected chi connectivity index (χ2v) is 4.47. The van der Waals surface area contributed by atoms with Gasteiger partial charge >= 0.3 is 0 Å². The molecule has 0 amide bonds. The van der Waals surface area contributed by atoms with Gasteiger partial charge < -0.3 is 15.4 Å². The van der Waals surface area contributed by atoms with Crippen molar-refractivity contribution in [1.29, 1.82) is 0 Å². The highest BCUT2D eigenvalue weighted by atomic mass is 16.5. The van der Waals surface area contributed by atoms with E-state index in [0.717, 1.165) is 12.8 Å². The zero-order valence-electron chi connectivity index (χ0n) is 9.43. The summed E-state index contributed by atoms with van der Waals surface area (Å²) in [6.45, 7) is -0.149. The van der Waals surface area contributed by atoms with Gasteiger partial charge in [-0.3, -0.25) is 0 Å². The lowest BCUT2D eigenvalue weighted by Gasteiger charge is -2.07.